The predicted molar refractivity (Wildman–Crippen MR) is 61.0 cm³/mol. The zero-order chi connectivity index (χ0) is 11.6. The van der Waals surface area contributed by atoms with Crippen LogP contribution in [-0.4, -0.2) is 57.2 Å². The molecule has 6 nitrogen and oxygen atoms in total. The summed E-state index contributed by atoms with van der Waals surface area (Å²) in [5.74, 6) is 2.12. The lowest BCUT2D eigenvalue weighted by molar-refractivity contribution is -0.792. The van der Waals surface area contributed by atoms with Crippen molar-refractivity contribution < 1.29 is 4.90 Å². The molecule has 0 saturated heterocycles. The first kappa shape index (κ1) is 11.6. The normalized spacial score (nSPS) is 10.6. The molecule has 0 bridgehead atoms. The van der Waals surface area contributed by atoms with E-state index >= 15 is 0 Å². The van der Waals surface area contributed by atoms with Crippen molar-refractivity contribution >= 4 is 17.8 Å². The standard InChI is InChI=1S/C9H18N6/c1-13(2)7-10-8(14(3)4)12-9(11-7)15(5)6/h1-6H3/p+1. The Labute approximate surface area is 90.6 Å². The van der Waals surface area contributed by atoms with Crippen LogP contribution in [0.5, 0.6) is 0 Å². The maximum atomic E-state index is 4.35. The highest BCUT2D eigenvalue weighted by Crippen LogP contribution is 2.10. The molecule has 1 N–H and O–H groups in total. The van der Waals surface area contributed by atoms with Crippen molar-refractivity contribution in [2.45, 2.75) is 0 Å². The van der Waals surface area contributed by atoms with Crippen LogP contribution in [0.15, 0.2) is 0 Å². The van der Waals surface area contributed by atoms with Crippen molar-refractivity contribution in [2.24, 2.45) is 0 Å². The van der Waals surface area contributed by atoms with Crippen LogP contribution in [0.1, 0.15) is 0 Å². The lowest BCUT2D eigenvalue weighted by Crippen LogP contribution is -3.01. The molecular formula is C9H19N6+. The van der Waals surface area contributed by atoms with E-state index in [4.69, 9.17) is 0 Å². The minimum Gasteiger partial charge on any atom is -0.347 e. The van der Waals surface area contributed by atoms with Crippen LogP contribution in [0.4, 0.5) is 17.8 Å². The van der Waals surface area contributed by atoms with Crippen molar-refractivity contribution in [1.29, 1.82) is 0 Å². The third kappa shape index (κ3) is 2.76. The van der Waals surface area contributed by atoms with Gasteiger partial charge in [-0.1, -0.05) is 0 Å². The maximum Gasteiger partial charge on any atom is 0.333 e. The second kappa shape index (κ2) is 4.39. The molecule has 1 aromatic rings. The lowest BCUT2D eigenvalue weighted by Gasteiger charge is -2.16. The van der Waals surface area contributed by atoms with Crippen molar-refractivity contribution in [3.63, 3.8) is 0 Å². The van der Waals surface area contributed by atoms with Crippen LogP contribution in [0.2, 0.25) is 0 Å². The van der Waals surface area contributed by atoms with Gasteiger partial charge in [0.1, 0.15) is 0 Å². The number of hydrogen-bond donors (Lipinski definition) is 1. The van der Waals surface area contributed by atoms with Gasteiger partial charge in [0.05, 0.1) is 14.1 Å². The average Bonchev–Trinajstić information content (AvgIpc) is 2.16. The zero-order valence-electron chi connectivity index (χ0n) is 10.2. The molecule has 0 spiro atoms. The van der Waals surface area contributed by atoms with Gasteiger partial charge in [0.15, 0.2) is 0 Å². The van der Waals surface area contributed by atoms with Gasteiger partial charge >= 0.3 is 5.95 Å². The van der Waals surface area contributed by atoms with Gasteiger partial charge in [0, 0.05) is 28.2 Å². The maximum absolute atomic E-state index is 4.35. The topological polar surface area (TPSA) is 49.6 Å². The van der Waals surface area contributed by atoms with E-state index in [-0.39, 0.29) is 0 Å². The van der Waals surface area contributed by atoms with E-state index in [1.54, 1.807) is 0 Å². The van der Waals surface area contributed by atoms with Crippen LogP contribution < -0.4 is 14.7 Å². The van der Waals surface area contributed by atoms with Crippen LogP contribution >= 0.6 is 0 Å². The Morgan fingerprint density at radius 1 is 0.800 bits per heavy atom. The van der Waals surface area contributed by atoms with Gasteiger partial charge in [-0.25, -0.2) is 0 Å². The van der Waals surface area contributed by atoms with E-state index in [2.05, 4.69) is 15.0 Å². The van der Waals surface area contributed by atoms with Gasteiger partial charge in [-0.2, -0.15) is 4.98 Å². The van der Waals surface area contributed by atoms with E-state index in [1.165, 1.54) is 0 Å². The van der Waals surface area contributed by atoms with Crippen molar-refractivity contribution in [3.05, 3.63) is 0 Å². The first-order valence-electron chi connectivity index (χ1n) is 4.83. The summed E-state index contributed by atoms with van der Waals surface area (Å²) in [7, 11) is 11.7. The van der Waals surface area contributed by atoms with Crippen LogP contribution in [-0.2, 0) is 0 Å². The summed E-state index contributed by atoms with van der Waals surface area (Å²) in [6.07, 6.45) is 0. The summed E-state index contributed by atoms with van der Waals surface area (Å²) in [4.78, 5) is 17.9. The molecule has 6 heteroatoms. The second-order valence-electron chi connectivity index (χ2n) is 4.05. The fourth-order valence-corrected chi connectivity index (χ4v) is 0.977. The highest BCUT2D eigenvalue weighted by atomic mass is 15.4. The van der Waals surface area contributed by atoms with Crippen LogP contribution in [0.25, 0.3) is 0 Å². The summed E-state index contributed by atoms with van der Waals surface area (Å²) >= 11 is 0. The van der Waals surface area contributed by atoms with Gasteiger partial charge in [0.2, 0.25) is 11.9 Å². The predicted octanol–water partition coefficient (Wildman–Crippen LogP) is -1.22. The van der Waals surface area contributed by atoms with Gasteiger partial charge in [0.25, 0.3) is 0 Å². The number of aromatic nitrogens is 3. The number of anilines is 2. The molecule has 0 aliphatic carbocycles. The molecule has 15 heavy (non-hydrogen) atoms. The van der Waals surface area contributed by atoms with Crippen LogP contribution in [0, 0.1) is 0 Å². The van der Waals surface area contributed by atoms with Gasteiger partial charge in [-0.05, 0) is 0 Å². The highest BCUT2D eigenvalue weighted by Gasteiger charge is 2.13. The summed E-state index contributed by atoms with van der Waals surface area (Å²) in [5.41, 5.74) is 0. The Balaban J connectivity index is 3.20. The molecule has 1 rings (SSSR count). The lowest BCUT2D eigenvalue weighted by atomic mass is 10.7. The van der Waals surface area contributed by atoms with Gasteiger partial charge < -0.3 is 9.80 Å². The van der Waals surface area contributed by atoms with Crippen molar-refractivity contribution in [1.82, 2.24) is 15.0 Å². The number of nitrogens with one attached hydrogen (secondary N) is 1. The van der Waals surface area contributed by atoms with E-state index in [0.29, 0.717) is 11.9 Å². The molecule has 0 atom stereocenters. The van der Waals surface area contributed by atoms with E-state index in [0.717, 1.165) is 10.8 Å². The molecule has 1 aromatic heterocycles. The van der Waals surface area contributed by atoms with E-state index in [9.17, 15) is 0 Å². The fourth-order valence-electron chi connectivity index (χ4n) is 0.977. The first-order chi connectivity index (χ1) is 6.91. The Bertz CT molecular complexity index is 269. The monoisotopic (exact) mass is 211 g/mol. The Hall–Kier alpha value is -1.43. The molecule has 0 amide bonds. The molecular weight excluding hydrogens is 192 g/mol. The zero-order valence-corrected chi connectivity index (χ0v) is 10.2. The molecule has 0 aliphatic heterocycles. The summed E-state index contributed by atoms with van der Waals surface area (Å²) in [6.45, 7) is 0. The first-order valence-corrected chi connectivity index (χ1v) is 4.83. The summed E-state index contributed by atoms with van der Waals surface area (Å²) in [5, 5.41) is 0. The third-order valence-corrected chi connectivity index (χ3v) is 1.86. The van der Waals surface area contributed by atoms with Gasteiger partial charge in [-0.3, -0.25) is 4.90 Å². The SMILES string of the molecule is CN(C)c1nc(N(C)C)nc([NH+](C)C)n1. The van der Waals surface area contributed by atoms with E-state index < -0.39 is 0 Å². The average molecular weight is 211 g/mol. The smallest absolute Gasteiger partial charge is 0.333 e. The Kier molecular flexibility index (Phi) is 3.41. The quantitative estimate of drug-likeness (QED) is 0.679. The molecule has 0 aliphatic rings. The summed E-state index contributed by atoms with van der Waals surface area (Å²) < 4.78 is 0. The molecule has 84 valence electrons. The molecule has 0 saturated carbocycles. The number of nitrogens with zero attached hydrogens (tertiary/aromatic N) is 5. The summed E-state index contributed by atoms with van der Waals surface area (Å²) in [6, 6.07) is 0. The Morgan fingerprint density at radius 2 is 1.20 bits per heavy atom. The Morgan fingerprint density at radius 3 is 1.47 bits per heavy atom. The van der Waals surface area contributed by atoms with Crippen molar-refractivity contribution in [3.8, 4) is 0 Å². The van der Waals surface area contributed by atoms with E-state index in [1.807, 2.05) is 52.1 Å². The van der Waals surface area contributed by atoms with Crippen molar-refractivity contribution in [2.75, 3.05) is 52.1 Å². The minimum atomic E-state index is 0.685. The highest BCUT2D eigenvalue weighted by molar-refractivity contribution is 5.39. The molecule has 0 aromatic carbocycles. The molecule has 0 fully saturated rings. The largest absolute Gasteiger partial charge is 0.347 e. The second-order valence-corrected chi connectivity index (χ2v) is 4.05. The molecule has 1 heterocycles. The molecule has 0 radical (unpaired) electrons. The minimum absolute atomic E-state index is 0.685. The number of rotatable bonds is 3. The number of quaternary nitrogens is 1. The van der Waals surface area contributed by atoms with Crippen LogP contribution in [0.3, 0.4) is 0 Å². The molecule has 0 unspecified atom stereocenters. The third-order valence-electron chi connectivity index (χ3n) is 1.86. The fraction of sp³-hybridized carbons (Fsp3) is 0.667. The number of hydrogen-bond acceptors (Lipinski definition) is 5. The van der Waals surface area contributed by atoms with Gasteiger partial charge in [-0.15, -0.1) is 9.97 Å².